The second-order valence-corrected chi connectivity index (χ2v) is 7.88. The zero-order valence-corrected chi connectivity index (χ0v) is 20.0. The van der Waals surface area contributed by atoms with Gasteiger partial charge in [0.05, 0.1) is 24.7 Å². The Balaban J connectivity index is 0.000000327. The quantitative estimate of drug-likeness (QED) is 0.294. The van der Waals surface area contributed by atoms with Crippen molar-refractivity contribution in [3.63, 3.8) is 0 Å². The molecule has 0 aliphatic carbocycles. The topological polar surface area (TPSA) is 164 Å². The molecule has 4 aromatic rings. The van der Waals surface area contributed by atoms with Crippen LogP contribution in [-0.4, -0.2) is 43.3 Å². The number of benzene rings is 1. The van der Waals surface area contributed by atoms with Gasteiger partial charge in [0.1, 0.15) is 17.4 Å². The van der Waals surface area contributed by atoms with Crippen LogP contribution >= 0.6 is 11.6 Å². The number of nitrogens with zero attached hydrogens (tertiary/aromatic N) is 4. The molecule has 0 aliphatic heterocycles. The van der Waals surface area contributed by atoms with Crippen molar-refractivity contribution in [3.8, 4) is 0 Å². The number of aromatic nitrogens is 4. The maximum absolute atomic E-state index is 12.6. The van der Waals surface area contributed by atoms with Crippen molar-refractivity contribution in [2.24, 2.45) is 14.1 Å². The van der Waals surface area contributed by atoms with Crippen molar-refractivity contribution >= 4 is 56.5 Å². The predicted octanol–water partition coefficient (Wildman–Crippen LogP) is 1.63. The molecular weight excluding hydrogens is 480 g/mol. The molecule has 1 aromatic carbocycles. The lowest BCUT2D eigenvalue weighted by Crippen LogP contribution is -2.24. The van der Waals surface area contributed by atoms with Crippen molar-refractivity contribution in [1.29, 1.82) is 0 Å². The Morgan fingerprint density at radius 3 is 2.63 bits per heavy atom. The van der Waals surface area contributed by atoms with Gasteiger partial charge in [-0.2, -0.15) is 0 Å². The monoisotopic (exact) mass is 502 g/mol. The minimum atomic E-state index is -0.514. The number of oxazole rings is 1. The van der Waals surface area contributed by atoms with Gasteiger partial charge in [-0.25, -0.2) is 14.8 Å². The number of fused-ring (bicyclic) bond motifs is 2. The van der Waals surface area contributed by atoms with Gasteiger partial charge < -0.3 is 24.8 Å². The number of carbonyl (C=O) groups is 3. The molecule has 0 aliphatic rings. The normalized spacial score (nSPS) is 10.6. The summed E-state index contributed by atoms with van der Waals surface area (Å²) in [4.78, 5) is 52.7. The summed E-state index contributed by atoms with van der Waals surface area (Å²) in [6, 6.07) is 5.30. The van der Waals surface area contributed by atoms with Gasteiger partial charge in [-0.1, -0.05) is 6.07 Å². The van der Waals surface area contributed by atoms with Crippen LogP contribution in [0.3, 0.4) is 0 Å². The van der Waals surface area contributed by atoms with Crippen LogP contribution in [0.2, 0.25) is 0 Å². The van der Waals surface area contributed by atoms with Gasteiger partial charge in [-0.15, -0.1) is 0 Å². The van der Waals surface area contributed by atoms with Crippen molar-refractivity contribution in [3.05, 3.63) is 52.5 Å². The Hall–Kier alpha value is -4.19. The number of halogens is 1. The fraction of sp³-hybridized carbons (Fsp3) is 0.273. The number of rotatable bonds is 6. The Bertz CT molecular complexity index is 1470. The van der Waals surface area contributed by atoms with Crippen LogP contribution in [0.5, 0.6) is 0 Å². The molecule has 35 heavy (non-hydrogen) atoms. The van der Waals surface area contributed by atoms with Gasteiger partial charge in [0.25, 0.3) is 5.91 Å². The number of ether oxygens (including phenoxy) is 1. The number of hydrogen-bond acceptors (Lipinski definition) is 9. The molecule has 0 fully saturated rings. The van der Waals surface area contributed by atoms with E-state index in [0.29, 0.717) is 27.8 Å². The summed E-state index contributed by atoms with van der Waals surface area (Å²) in [5.74, 6) is -1.17. The molecule has 0 bridgehead atoms. The Labute approximate surface area is 203 Å². The zero-order valence-electron chi connectivity index (χ0n) is 19.2. The van der Waals surface area contributed by atoms with E-state index in [9.17, 15) is 19.2 Å². The first kappa shape index (κ1) is 25.4. The number of anilines is 1. The lowest BCUT2D eigenvalue weighted by Gasteiger charge is -2.07. The maximum atomic E-state index is 12.6. The van der Waals surface area contributed by atoms with Gasteiger partial charge in [-0.3, -0.25) is 19.0 Å². The molecular formula is C22H23ClN6O6. The summed E-state index contributed by atoms with van der Waals surface area (Å²) < 4.78 is 12.5. The molecule has 184 valence electrons. The highest BCUT2D eigenvalue weighted by Crippen LogP contribution is 2.22. The molecule has 13 heteroatoms. The first-order valence-electron chi connectivity index (χ1n) is 10.3. The number of nitrogen functional groups attached to an aromatic ring is 1. The molecule has 0 atom stereocenters. The third-order valence-corrected chi connectivity index (χ3v) is 5.25. The van der Waals surface area contributed by atoms with Crippen LogP contribution in [0.4, 0.5) is 5.69 Å². The van der Waals surface area contributed by atoms with E-state index < -0.39 is 17.0 Å². The van der Waals surface area contributed by atoms with E-state index in [-0.39, 0.29) is 31.0 Å². The number of methoxy groups -OCH3 is 1. The number of aryl methyl sites for hydroxylation is 2. The van der Waals surface area contributed by atoms with Crippen molar-refractivity contribution < 1.29 is 23.5 Å². The molecule has 0 spiro atoms. The smallest absolute Gasteiger partial charge is 0.419 e. The Morgan fingerprint density at radius 1 is 1.20 bits per heavy atom. The SMILES string of the molecule is COC(=O)CCC(=O)Cl.Cn1cc(N)c2ncnc(C(=O)NCc3ccc4oc(=O)n(C)c4c3)c21. The summed E-state index contributed by atoms with van der Waals surface area (Å²) in [6.45, 7) is 0.277. The molecule has 1 amide bonds. The Kier molecular flexibility index (Phi) is 7.87. The van der Waals surface area contributed by atoms with Crippen LogP contribution in [0.15, 0.2) is 39.9 Å². The molecule has 0 saturated carbocycles. The molecule has 12 nitrogen and oxygen atoms in total. The third kappa shape index (κ3) is 5.84. The van der Waals surface area contributed by atoms with Crippen LogP contribution in [0.1, 0.15) is 28.9 Å². The average Bonchev–Trinajstić information content (AvgIpc) is 3.30. The first-order valence-corrected chi connectivity index (χ1v) is 10.7. The summed E-state index contributed by atoms with van der Waals surface area (Å²) in [6.07, 6.45) is 3.14. The molecule has 3 heterocycles. The third-order valence-electron chi connectivity index (χ3n) is 5.06. The molecule has 3 N–H and O–H groups in total. The lowest BCUT2D eigenvalue weighted by molar-refractivity contribution is -0.141. The van der Waals surface area contributed by atoms with Crippen LogP contribution in [0, 0.1) is 0 Å². The molecule has 0 radical (unpaired) electrons. The summed E-state index contributed by atoms with van der Waals surface area (Å²) >= 11 is 4.93. The predicted molar refractivity (Wildman–Crippen MR) is 128 cm³/mol. The highest BCUT2D eigenvalue weighted by molar-refractivity contribution is 6.63. The van der Waals surface area contributed by atoms with Crippen molar-refractivity contribution in [2.75, 3.05) is 12.8 Å². The van der Waals surface area contributed by atoms with Gasteiger partial charge in [0.2, 0.25) is 5.24 Å². The zero-order chi connectivity index (χ0) is 25.7. The van der Waals surface area contributed by atoms with E-state index >= 15 is 0 Å². The molecule has 3 aromatic heterocycles. The van der Waals surface area contributed by atoms with E-state index in [1.807, 2.05) is 0 Å². The van der Waals surface area contributed by atoms with E-state index in [1.165, 1.54) is 18.0 Å². The largest absolute Gasteiger partial charge is 0.469 e. The van der Waals surface area contributed by atoms with Crippen LogP contribution in [-0.2, 0) is 35.0 Å². The number of esters is 1. The molecule has 4 rings (SSSR count). The Morgan fingerprint density at radius 2 is 1.94 bits per heavy atom. The van der Waals surface area contributed by atoms with Gasteiger partial charge in [-0.05, 0) is 29.3 Å². The van der Waals surface area contributed by atoms with Gasteiger partial charge >= 0.3 is 11.7 Å². The van der Waals surface area contributed by atoms with Crippen molar-refractivity contribution in [2.45, 2.75) is 19.4 Å². The number of nitrogens with one attached hydrogen (secondary N) is 1. The van der Waals surface area contributed by atoms with E-state index in [2.05, 4.69) is 20.0 Å². The van der Waals surface area contributed by atoms with E-state index in [1.54, 1.807) is 43.1 Å². The number of carbonyl (C=O) groups excluding carboxylic acids is 3. The standard InChI is InChI=1S/C17H16N6O3.C5H7ClO3/c1-22-7-10(18)13-15(22)14(21-8-20-13)16(24)19-6-9-3-4-12-11(5-9)23(2)17(25)26-12;1-9-5(8)3-2-4(6)7/h3-5,7-8H,6,18H2,1-2H3,(H,19,24);2-3H2,1H3. The fourth-order valence-corrected chi connectivity index (χ4v) is 3.37. The second-order valence-electron chi connectivity index (χ2n) is 7.46. The van der Waals surface area contributed by atoms with Gasteiger partial charge in [0.15, 0.2) is 11.3 Å². The minimum Gasteiger partial charge on any atom is -0.469 e. The number of nitrogens with two attached hydrogens (primary N) is 1. The molecule has 0 saturated heterocycles. The van der Waals surface area contributed by atoms with Gasteiger partial charge in [0, 0.05) is 33.3 Å². The summed E-state index contributed by atoms with van der Waals surface area (Å²) in [7, 11) is 4.68. The first-order chi connectivity index (χ1) is 16.6. The summed E-state index contributed by atoms with van der Waals surface area (Å²) in [5, 5.41) is 2.32. The highest BCUT2D eigenvalue weighted by Gasteiger charge is 2.17. The van der Waals surface area contributed by atoms with E-state index in [0.717, 1.165) is 5.56 Å². The average molecular weight is 503 g/mol. The fourth-order valence-electron chi connectivity index (χ4n) is 3.28. The van der Waals surface area contributed by atoms with Crippen LogP contribution in [0.25, 0.3) is 22.1 Å². The van der Waals surface area contributed by atoms with E-state index in [4.69, 9.17) is 21.8 Å². The van der Waals surface area contributed by atoms with Crippen molar-refractivity contribution in [1.82, 2.24) is 24.4 Å². The molecule has 0 unspecified atom stereocenters. The van der Waals surface area contributed by atoms with Crippen LogP contribution < -0.4 is 16.8 Å². The number of amides is 1. The summed E-state index contributed by atoms with van der Waals surface area (Å²) in [5.41, 5.74) is 9.77. The number of hydrogen-bond donors (Lipinski definition) is 2. The maximum Gasteiger partial charge on any atom is 0.419 e. The lowest BCUT2D eigenvalue weighted by atomic mass is 10.2. The minimum absolute atomic E-state index is 0.0498. The highest BCUT2D eigenvalue weighted by atomic mass is 35.5. The second kappa shape index (κ2) is 10.8.